The second kappa shape index (κ2) is 6.01. The summed E-state index contributed by atoms with van der Waals surface area (Å²) in [5.74, 6) is -0.577. The highest BCUT2D eigenvalue weighted by atomic mass is 79.9. The van der Waals surface area contributed by atoms with Gasteiger partial charge in [0.25, 0.3) is 0 Å². The van der Waals surface area contributed by atoms with Crippen LogP contribution < -0.4 is 0 Å². The Morgan fingerprint density at radius 1 is 1.44 bits per heavy atom. The normalized spacial score (nSPS) is 16.3. The molecule has 0 radical (unpaired) electrons. The number of rotatable bonds is 3. The summed E-state index contributed by atoms with van der Waals surface area (Å²) < 4.78 is 0.977. The molecule has 1 unspecified atom stereocenters. The zero-order valence-corrected chi connectivity index (χ0v) is 11.7. The first-order valence-corrected chi connectivity index (χ1v) is 6.93. The maximum Gasteiger partial charge on any atom is 0.240 e. The van der Waals surface area contributed by atoms with E-state index in [2.05, 4.69) is 22.0 Å². The van der Waals surface area contributed by atoms with Crippen molar-refractivity contribution in [1.82, 2.24) is 4.90 Å². The quantitative estimate of drug-likeness (QED) is 0.862. The summed E-state index contributed by atoms with van der Waals surface area (Å²) in [7, 11) is 0. The van der Waals surface area contributed by atoms with Crippen molar-refractivity contribution in [2.24, 2.45) is 5.92 Å². The molecule has 1 amide bonds. The third-order valence-corrected chi connectivity index (χ3v) is 3.69. The number of nitrogens with zero attached hydrogens (tertiary/aromatic N) is 2. The van der Waals surface area contributed by atoms with Crippen LogP contribution in [0.2, 0.25) is 0 Å². The summed E-state index contributed by atoms with van der Waals surface area (Å²) in [6.45, 7) is 1.60. The highest BCUT2D eigenvalue weighted by Crippen LogP contribution is 2.18. The fourth-order valence-corrected chi connectivity index (χ4v) is 2.69. The van der Waals surface area contributed by atoms with Crippen LogP contribution in [0.3, 0.4) is 0 Å². The van der Waals surface area contributed by atoms with Gasteiger partial charge < -0.3 is 4.90 Å². The second-order valence-electron chi connectivity index (χ2n) is 4.55. The third kappa shape index (κ3) is 3.11. The Morgan fingerprint density at radius 2 is 2.17 bits per heavy atom. The lowest BCUT2D eigenvalue weighted by atomic mass is 9.99. The highest BCUT2D eigenvalue weighted by molar-refractivity contribution is 9.10. The van der Waals surface area contributed by atoms with Crippen molar-refractivity contribution in [2.45, 2.75) is 19.3 Å². The fraction of sp³-hybridized carbons (Fsp3) is 0.429. The molecule has 94 valence electrons. The van der Waals surface area contributed by atoms with Crippen LogP contribution in [0.25, 0.3) is 0 Å². The summed E-state index contributed by atoms with van der Waals surface area (Å²) in [5, 5.41) is 9.18. The number of hydrogen-bond donors (Lipinski definition) is 0. The Labute approximate surface area is 116 Å². The van der Waals surface area contributed by atoms with Crippen molar-refractivity contribution in [2.75, 3.05) is 13.1 Å². The zero-order chi connectivity index (χ0) is 13.0. The summed E-state index contributed by atoms with van der Waals surface area (Å²) in [6, 6.07) is 9.91. The first kappa shape index (κ1) is 13.1. The topological polar surface area (TPSA) is 44.1 Å². The maximum atomic E-state index is 12.2. The smallest absolute Gasteiger partial charge is 0.240 e. The number of carbonyl (C=O) groups excluding carboxylic acids is 1. The average molecular weight is 307 g/mol. The third-order valence-electron chi connectivity index (χ3n) is 3.20. The van der Waals surface area contributed by atoms with Crippen molar-refractivity contribution in [3.05, 3.63) is 34.3 Å². The second-order valence-corrected chi connectivity index (χ2v) is 5.46. The molecule has 1 aromatic carbocycles. The van der Waals surface area contributed by atoms with Crippen LogP contribution in [0.4, 0.5) is 0 Å². The van der Waals surface area contributed by atoms with Gasteiger partial charge in [-0.1, -0.05) is 28.1 Å². The van der Waals surface area contributed by atoms with Crippen molar-refractivity contribution in [3.8, 4) is 6.07 Å². The molecule has 0 aliphatic carbocycles. The standard InChI is InChI=1S/C14H15BrN2O/c15-13-5-3-4-11(9-13)8-12(10-16)14(18)17-6-1-2-7-17/h3-5,9,12H,1-2,6-8H2. The molecule has 0 saturated carbocycles. The molecule has 1 aliphatic rings. The van der Waals surface area contributed by atoms with E-state index in [1.54, 1.807) is 0 Å². The fourth-order valence-electron chi connectivity index (χ4n) is 2.25. The van der Waals surface area contributed by atoms with Crippen LogP contribution in [-0.2, 0) is 11.2 Å². The molecular weight excluding hydrogens is 292 g/mol. The molecule has 2 rings (SSSR count). The van der Waals surface area contributed by atoms with E-state index >= 15 is 0 Å². The minimum atomic E-state index is -0.558. The van der Waals surface area contributed by atoms with Gasteiger partial charge in [-0.15, -0.1) is 0 Å². The van der Waals surface area contributed by atoms with E-state index in [0.29, 0.717) is 6.42 Å². The van der Waals surface area contributed by atoms with E-state index in [9.17, 15) is 10.1 Å². The Balaban J connectivity index is 2.05. The van der Waals surface area contributed by atoms with E-state index in [1.807, 2.05) is 29.2 Å². The molecule has 0 aromatic heterocycles. The molecule has 0 bridgehead atoms. The van der Waals surface area contributed by atoms with E-state index in [-0.39, 0.29) is 5.91 Å². The largest absolute Gasteiger partial charge is 0.342 e. The number of amides is 1. The lowest BCUT2D eigenvalue weighted by molar-refractivity contribution is -0.132. The molecule has 1 aliphatic heterocycles. The van der Waals surface area contributed by atoms with Crippen LogP contribution in [-0.4, -0.2) is 23.9 Å². The summed E-state index contributed by atoms with van der Waals surface area (Å²) in [6.07, 6.45) is 2.60. The molecule has 1 saturated heterocycles. The van der Waals surface area contributed by atoms with Gasteiger partial charge in [0.15, 0.2) is 0 Å². The minimum absolute atomic E-state index is 0.0185. The number of benzene rings is 1. The lowest BCUT2D eigenvalue weighted by Crippen LogP contribution is -2.34. The Kier molecular flexibility index (Phi) is 4.38. The van der Waals surface area contributed by atoms with Gasteiger partial charge in [-0.05, 0) is 37.0 Å². The van der Waals surface area contributed by atoms with Gasteiger partial charge >= 0.3 is 0 Å². The van der Waals surface area contributed by atoms with E-state index in [0.717, 1.165) is 36.0 Å². The van der Waals surface area contributed by atoms with Gasteiger partial charge in [0.05, 0.1) is 6.07 Å². The van der Waals surface area contributed by atoms with Gasteiger partial charge in [0.1, 0.15) is 5.92 Å². The van der Waals surface area contributed by atoms with Crippen LogP contribution in [0, 0.1) is 17.2 Å². The highest BCUT2D eigenvalue weighted by Gasteiger charge is 2.26. The number of hydrogen-bond acceptors (Lipinski definition) is 2. The number of likely N-dealkylation sites (tertiary alicyclic amines) is 1. The SMILES string of the molecule is N#CC(Cc1cccc(Br)c1)C(=O)N1CCCC1. The molecule has 18 heavy (non-hydrogen) atoms. The van der Waals surface area contributed by atoms with Crippen LogP contribution >= 0.6 is 15.9 Å². The molecular formula is C14H15BrN2O. The predicted octanol–water partition coefficient (Wildman–Crippen LogP) is 2.75. The Bertz CT molecular complexity index is 475. The molecule has 1 atom stereocenters. The zero-order valence-electron chi connectivity index (χ0n) is 10.1. The average Bonchev–Trinajstić information content (AvgIpc) is 2.89. The van der Waals surface area contributed by atoms with E-state index in [4.69, 9.17) is 0 Å². The van der Waals surface area contributed by atoms with Crippen molar-refractivity contribution in [3.63, 3.8) is 0 Å². The molecule has 1 fully saturated rings. The van der Waals surface area contributed by atoms with Crippen LogP contribution in [0.1, 0.15) is 18.4 Å². The Hall–Kier alpha value is -1.34. The molecule has 0 N–H and O–H groups in total. The van der Waals surface area contributed by atoms with Gasteiger partial charge in [0.2, 0.25) is 5.91 Å². The number of carbonyl (C=O) groups is 1. The minimum Gasteiger partial charge on any atom is -0.342 e. The molecule has 0 spiro atoms. The van der Waals surface area contributed by atoms with Crippen LogP contribution in [0.5, 0.6) is 0 Å². The van der Waals surface area contributed by atoms with Gasteiger partial charge in [-0.25, -0.2) is 0 Å². The van der Waals surface area contributed by atoms with Gasteiger partial charge in [-0.3, -0.25) is 4.79 Å². The predicted molar refractivity (Wildman–Crippen MR) is 72.8 cm³/mol. The first-order valence-electron chi connectivity index (χ1n) is 6.13. The molecule has 4 heteroatoms. The van der Waals surface area contributed by atoms with Crippen LogP contribution in [0.15, 0.2) is 28.7 Å². The summed E-state index contributed by atoms with van der Waals surface area (Å²) >= 11 is 3.40. The Morgan fingerprint density at radius 3 is 2.78 bits per heavy atom. The maximum absolute atomic E-state index is 12.2. The van der Waals surface area contributed by atoms with Gasteiger partial charge in [-0.2, -0.15) is 5.26 Å². The summed E-state index contributed by atoms with van der Waals surface area (Å²) in [5.41, 5.74) is 1.02. The summed E-state index contributed by atoms with van der Waals surface area (Å²) in [4.78, 5) is 14.0. The van der Waals surface area contributed by atoms with Gasteiger partial charge in [0, 0.05) is 17.6 Å². The van der Waals surface area contributed by atoms with E-state index in [1.165, 1.54) is 0 Å². The van der Waals surface area contributed by atoms with E-state index < -0.39 is 5.92 Å². The molecule has 1 heterocycles. The first-order chi connectivity index (χ1) is 8.70. The van der Waals surface area contributed by atoms with Crippen molar-refractivity contribution >= 4 is 21.8 Å². The molecule has 1 aromatic rings. The van der Waals surface area contributed by atoms with Crippen molar-refractivity contribution < 1.29 is 4.79 Å². The number of nitriles is 1. The monoisotopic (exact) mass is 306 g/mol. The van der Waals surface area contributed by atoms with Crippen molar-refractivity contribution in [1.29, 1.82) is 5.26 Å². The lowest BCUT2D eigenvalue weighted by Gasteiger charge is -2.18. The molecule has 3 nitrogen and oxygen atoms in total. The number of halogens is 1.